The predicted molar refractivity (Wildman–Crippen MR) is 113 cm³/mol. The zero-order valence-corrected chi connectivity index (χ0v) is 16.7. The van der Waals surface area contributed by atoms with Gasteiger partial charge in [0.05, 0.1) is 0 Å². The first-order chi connectivity index (χ1) is 14.7. The second-order valence-corrected chi connectivity index (χ2v) is 7.90. The van der Waals surface area contributed by atoms with Crippen molar-refractivity contribution in [3.8, 4) is 0 Å². The number of benzene rings is 3. The molecule has 0 aromatic heterocycles. The highest BCUT2D eigenvalue weighted by Gasteiger charge is 2.72. The van der Waals surface area contributed by atoms with E-state index in [9.17, 15) is 9.59 Å². The molecule has 3 aromatic carbocycles. The van der Waals surface area contributed by atoms with E-state index in [2.05, 4.69) is 36.4 Å². The molecule has 3 aromatic rings. The number of hydrogen-bond donors (Lipinski definition) is 0. The maximum Gasteiger partial charge on any atom is 0.229 e. The summed E-state index contributed by atoms with van der Waals surface area (Å²) in [6.45, 7) is 0.355. The Morgan fingerprint density at radius 1 is 0.667 bits per heavy atom. The van der Waals surface area contributed by atoms with Crippen LogP contribution in [0.2, 0.25) is 0 Å². The minimum absolute atomic E-state index is 0.0890. The van der Waals surface area contributed by atoms with E-state index in [4.69, 9.17) is 4.74 Å². The van der Waals surface area contributed by atoms with Gasteiger partial charge in [0.15, 0.2) is 5.60 Å². The first kappa shape index (κ1) is 18.8. The van der Waals surface area contributed by atoms with Crippen LogP contribution >= 0.6 is 0 Å². The molecule has 4 heteroatoms. The number of epoxide rings is 1. The van der Waals surface area contributed by atoms with E-state index in [-0.39, 0.29) is 11.8 Å². The van der Waals surface area contributed by atoms with Crippen LogP contribution in [0.15, 0.2) is 91.0 Å². The van der Waals surface area contributed by atoms with Crippen LogP contribution in [0.3, 0.4) is 0 Å². The van der Waals surface area contributed by atoms with Crippen LogP contribution in [0, 0.1) is 0 Å². The second-order valence-electron chi connectivity index (χ2n) is 7.90. The number of ether oxygens (including phenoxy) is 1. The molecule has 5 rings (SSSR count). The number of amides is 2. The van der Waals surface area contributed by atoms with Crippen molar-refractivity contribution in [2.75, 3.05) is 6.54 Å². The summed E-state index contributed by atoms with van der Waals surface area (Å²) in [6.07, 6.45) is 1.15. The van der Waals surface area contributed by atoms with Crippen molar-refractivity contribution in [1.82, 2.24) is 4.90 Å². The molecule has 2 aliphatic rings. The highest BCUT2D eigenvalue weighted by Crippen LogP contribution is 2.67. The lowest BCUT2D eigenvalue weighted by atomic mass is 9.75. The molecule has 0 saturated carbocycles. The maximum atomic E-state index is 12.2. The van der Waals surface area contributed by atoms with Crippen LogP contribution in [0.5, 0.6) is 0 Å². The van der Waals surface area contributed by atoms with Crippen LogP contribution in [-0.2, 0) is 25.5 Å². The summed E-state index contributed by atoms with van der Waals surface area (Å²) in [5.74, 6) is -0.178. The van der Waals surface area contributed by atoms with Gasteiger partial charge in [-0.1, -0.05) is 91.0 Å². The van der Waals surface area contributed by atoms with Gasteiger partial charge < -0.3 is 4.74 Å². The number of nitrogens with zero attached hydrogens (tertiary/aromatic N) is 1. The molecule has 0 radical (unpaired) electrons. The van der Waals surface area contributed by atoms with Crippen molar-refractivity contribution in [3.63, 3.8) is 0 Å². The topological polar surface area (TPSA) is 49.9 Å². The third-order valence-electron chi connectivity index (χ3n) is 6.30. The fourth-order valence-corrected chi connectivity index (χ4v) is 4.81. The molecule has 4 nitrogen and oxygen atoms in total. The fraction of sp³-hybridized carbons (Fsp3) is 0.231. The van der Waals surface area contributed by atoms with Crippen molar-refractivity contribution in [1.29, 1.82) is 0 Å². The Labute approximate surface area is 176 Å². The maximum absolute atomic E-state index is 12.2. The number of imide groups is 1. The average molecular weight is 397 g/mol. The van der Waals surface area contributed by atoms with E-state index in [1.165, 1.54) is 4.90 Å². The Kier molecular flexibility index (Phi) is 4.52. The Morgan fingerprint density at radius 2 is 1.10 bits per heavy atom. The third-order valence-corrected chi connectivity index (χ3v) is 6.30. The zero-order valence-electron chi connectivity index (χ0n) is 16.7. The molecular formula is C26H23NO3. The SMILES string of the molecule is O=C1CCC(=O)N1CCC1(c2ccccc2)OC1(c1ccccc1)c1ccccc1. The van der Waals surface area contributed by atoms with E-state index in [0.717, 1.165) is 16.7 Å². The second kappa shape index (κ2) is 7.22. The van der Waals surface area contributed by atoms with Crippen molar-refractivity contribution < 1.29 is 14.3 Å². The molecule has 0 N–H and O–H groups in total. The van der Waals surface area contributed by atoms with Gasteiger partial charge in [-0.05, 0) is 16.7 Å². The standard InChI is InChI=1S/C26H23NO3/c28-23-16-17-24(29)27(23)19-18-25(20-10-4-1-5-11-20)26(30-25,21-12-6-2-7-13-21)22-14-8-3-9-15-22/h1-15H,16-19H2. The van der Waals surface area contributed by atoms with Crippen LogP contribution in [-0.4, -0.2) is 23.3 Å². The van der Waals surface area contributed by atoms with Gasteiger partial charge in [0.1, 0.15) is 5.60 Å². The van der Waals surface area contributed by atoms with E-state index < -0.39 is 11.2 Å². The van der Waals surface area contributed by atoms with Gasteiger partial charge in [-0.25, -0.2) is 0 Å². The van der Waals surface area contributed by atoms with Crippen molar-refractivity contribution in [3.05, 3.63) is 108 Å². The van der Waals surface area contributed by atoms with Gasteiger partial charge in [-0.15, -0.1) is 0 Å². The van der Waals surface area contributed by atoms with Crippen LogP contribution in [0.4, 0.5) is 0 Å². The molecule has 2 aliphatic heterocycles. The normalized spacial score (nSPS) is 22.3. The molecule has 2 heterocycles. The van der Waals surface area contributed by atoms with Crippen molar-refractivity contribution >= 4 is 11.8 Å². The Balaban J connectivity index is 1.62. The van der Waals surface area contributed by atoms with Gasteiger partial charge in [-0.2, -0.15) is 0 Å². The molecule has 150 valence electrons. The quantitative estimate of drug-likeness (QED) is 0.458. The van der Waals surface area contributed by atoms with E-state index >= 15 is 0 Å². The number of carbonyl (C=O) groups is 2. The van der Waals surface area contributed by atoms with Gasteiger partial charge in [-0.3, -0.25) is 14.5 Å². The molecule has 2 fully saturated rings. The number of rotatable bonds is 6. The summed E-state index contributed by atoms with van der Waals surface area (Å²) in [5, 5.41) is 0. The lowest BCUT2D eigenvalue weighted by Crippen LogP contribution is -2.34. The predicted octanol–water partition coefficient (Wildman–Crippen LogP) is 4.40. The highest BCUT2D eigenvalue weighted by molar-refractivity contribution is 6.01. The molecule has 2 saturated heterocycles. The smallest absolute Gasteiger partial charge is 0.229 e. The largest absolute Gasteiger partial charge is 0.347 e. The number of carbonyl (C=O) groups excluding carboxylic acids is 2. The Hall–Kier alpha value is -3.24. The molecule has 0 aliphatic carbocycles. The molecule has 1 atom stereocenters. The van der Waals surface area contributed by atoms with Gasteiger partial charge >= 0.3 is 0 Å². The summed E-state index contributed by atoms with van der Waals surface area (Å²) in [7, 11) is 0. The molecule has 2 amide bonds. The van der Waals surface area contributed by atoms with Crippen LogP contribution < -0.4 is 0 Å². The summed E-state index contributed by atoms with van der Waals surface area (Å²) in [4.78, 5) is 25.8. The minimum Gasteiger partial charge on any atom is -0.347 e. The molecule has 0 bridgehead atoms. The van der Waals surface area contributed by atoms with E-state index in [1.807, 2.05) is 54.6 Å². The third kappa shape index (κ3) is 2.79. The molecular weight excluding hydrogens is 374 g/mol. The van der Waals surface area contributed by atoms with E-state index in [0.29, 0.717) is 25.8 Å². The van der Waals surface area contributed by atoms with Crippen LogP contribution in [0.25, 0.3) is 0 Å². The van der Waals surface area contributed by atoms with Gasteiger partial charge in [0.25, 0.3) is 0 Å². The molecule has 1 unspecified atom stereocenters. The summed E-state index contributed by atoms with van der Waals surface area (Å²) < 4.78 is 6.73. The minimum atomic E-state index is -0.664. The van der Waals surface area contributed by atoms with Gasteiger partial charge in [0, 0.05) is 25.8 Å². The summed E-state index contributed by atoms with van der Waals surface area (Å²) >= 11 is 0. The highest BCUT2D eigenvalue weighted by atomic mass is 16.6. The summed E-state index contributed by atoms with van der Waals surface area (Å²) in [6, 6.07) is 30.6. The first-order valence-corrected chi connectivity index (χ1v) is 10.4. The van der Waals surface area contributed by atoms with Crippen molar-refractivity contribution in [2.45, 2.75) is 30.5 Å². The first-order valence-electron chi connectivity index (χ1n) is 10.4. The molecule has 0 spiro atoms. The average Bonchev–Trinajstić information content (AvgIpc) is 3.40. The lowest BCUT2D eigenvalue weighted by Gasteiger charge is -2.24. The zero-order chi connectivity index (χ0) is 20.6. The summed E-state index contributed by atoms with van der Waals surface area (Å²) in [5.41, 5.74) is 1.87. The fourth-order valence-electron chi connectivity index (χ4n) is 4.81. The van der Waals surface area contributed by atoms with E-state index in [1.54, 1.807) is 0 Å². The Morgan fingerprint density at radius 3 is 1.57 bits per heavy atom. The Bertz CT molecular complexity index is 1010. The van der Waals surface area contributed by atoms with Crippen molar-refractivity contribution in [2.24, 2.45) is 0 Å². The molecule has 30 heavy (non-hydrogen) atoms. The monoisotopic (exact) mass is 397 g/mol. The number of hydrogen-bond acceptors (Lipinski definition) is 3. The van der Waals surface area contributed by atoms with Gasteiger partial charge in [0.2, 0.25) is 11.8 Å². The lowest BCUT2D eigenvalue weighted by molar-refractivity contribution is -0.138. The van der Waals surface area contributed by atoms with Crippen LogP contribution in [0.1, 0.15) is 36.0 Å². The number of likely N-dealkylation sites (tertiary alicyclic amines) is 1.